The molecule has 2 unspecified atom stereocenters. The van der Waals surface area contributed by atoms with Crippen molar-refractivity contribution in [3.63, 3.8) is 0 Å². The first-order valence-corrected chi connectivity index (χ1v) is 4.26. The maximum absolute atomic E-state index is 10.7. The van der Waals surface area contributed by atoms with Gasteiger partial charge in [-0.15, -0.1) is 0 Å². The molecule has 7 nitrogen and oxygen atoms in total. The number of hydrogen-bond donors (Lipinski definition) is 4. The Bertz CT molecular complexity index is 131. The minimum Gasteiger partial charge on any atom is -0.363 e. The Morgan fingerprint density at radius 1 is 1.17 bits per heavy atom. The minimum atomic E-state index is -2.58. The molecule has 0 heterocycles. The van der Waals surface area contributed by atoms with Crippen LogP contribution in [-0.4, -0.2) is 35.9 Å². The second-order valence-electron chi connectivity index (χ2n) is 1.82. The molecule has 72 valence electrons. The Balaban J connectivity index is 3.59. The van der Waals surface area contributed by atoms with Crippen LogP contribution in [0.4, 0.5) is 0 Å². The monoisotopic (exact) mass is 199 g/mol. The largest absolute Gasteiger partial charge is 0.702 e. The lowest BCUT2D eigenvalue weighted by atomic mass is 10.7. The van der Waals surface area contributed by atoms with Crippen molar-refractivity contribution < 1.29 is 23.8 Å². The Labute approximate surface area is 70.2 Å². The maximum atomic E-state index is 10.7. The lowest BCUT2D eigenvalue weighted by Gasteiger charge is -1.99. The molecule has 0 aromatic rings. The van der Waals surface area contributed by atoms with E-state index in [9.17, 15) is 4.57 Å². The Hall–Kier alpha value is -0.140. The van der Waals surface area contributed by atoms with Gasteiger partial charge >= 0.3 is 8.25 Å². The molecule has 0 rings (SSSR count). The van der Waals surface area contributed by atoms with E-state index in [4.69, 9.17) is 21.7 Å². The van der Waals surface area contributed by atoms with E-state index in [1.54, 1.807) is 0 Å². The van der Waals surface area contributed by atoms with Crippen molar-refractivity contribution in [3.8, 4) is 0 Å². The number of rotatable bonds is 6. The molecule has 0 saturated carbocycles. The van der Waals surface area contributed by atoms with Crippen LogP contribution in [0.1, 0.15) is 0 Å². The van der Waals surface area contributed by atoms with Crippen LogP contribution >= 0.6 is 8.25 Å². The summed E-state index contributed by atoms with van der Waals surface area (Å²) in [7, 11) is -2.58. The van der Waals surface area contributed by atoms with E-state index in [0.29, 0.717) is 0 Å². The lowest BCUT2D eigenvalue weighted by Crippen LogP contribution is -2.23. The summed E-state index contributed by atoms with van der Waals surface area (Å²) in [6, 6.07) is 0. The van der Waals surface area contributed by atoms with Gasteiger partial charge in [0.25, 0.3) is 0 Å². The van der Waals surface area contributed by atoms with Crippen molar-refractivity contribution in [1.82, 2.24) is 0 Å². The van der Waals surface area contributed by atoms with Crippen LogP contribution in [0.3, 0.4) is 0 Å². The van der Waals surface area contributed by atoms with Gasteiger partial charge in [-0.2, -0.15) is 0 Å². The van der Waals surface area contributed by atoms with Crippen LogP contribution in [0, 0.1) is 0 Å². The van der Waals surface area contributed by atoms with Crippen molar-refractivity contribution in [1.29, 1.82) is 0 Å². The highest BCUT2D eigenvalue weighted by molar-refractivity contribution is 7.33. The normalized spacial score (nSPS) is 17.2. The third-order valence-electron chi connectivity index (χ3n) is 0.819. The molecule has 0 amide bonds. The summed E-state index contributed by atoms with van der Waals surface area (Å²) in [6.07, 6.45) is -2.72. The van der Waals surface area contributed by atoms with E-state index in [0.717, 1.165) is 0 Å². The summed E-state index contributed by atoms with van der Waals surface area (Å²) in [5, 5.41) is 17.4. The molecule has 0 bridgehead atoms. The molecule has 12 heavy (non-hydrogen) atoms. The molecule has 0 aliphatic carbocycles. The van der Waals surface area contributed by atoms with Crippen LogP contribution in [-0.2, 0) is 13.6 Å². The van der Waals surface area contributed by atoms with Crippen LogP contribution in [0.5, 0.6) is 0 Å². The molecule has 0 spiro atoms. The Kier molecular flexibility index (Phi) is 6.31. The zero-order valence-corrected chi connectivity index (χ0v) is 7.18. The first-order valence-electron chi connectivity index (χ1n) is 3.17. The SMILES string of the molecule is NCC(O)O[P+](=O)OC(O)CN. The van der Waals surface area contributed by atoms with Gasteiger partial charge in [0, 0.05) is 17.7 Å². The molecule has 6 N–H and O–H groups in total. The van der Waals surface area contributed by atoms with Crippen molar-refractivity contribution >= 4 is 8.25 Å². The minimum absolute atomic E-state index is 0.205. The highest BCUT2D eigenvalue weighted by Gasteiger charge is 2.28. The number of hydrogen-bond acceptors (Lipinski definition) is 7. The number of aliphatic hydroxyl groups is 2. The predicted octanol–water partition coefficient (Wildman–Crippen LogP) is -1.77. The van der Waals surface area contributed by atoms with Crippen molar-refractivity contribution in [2.24, 2.45) is 11.5 Å². The fourth-order valence-corrected chi connectivity index (χ4v) is 0.929. The summed E-state index contributed by atoms with van der Waals surface area (Å²) in [4.78, 5) is 0. The van der Waals surface area contributed by atoms with Crippen LogP contribution in [0.25, 0.3) is 0 Å². The third-order valence-corrected chi connectivity index (χ3v) is 1.65. The average molecular weight is 199 g/mol. The van der Waals surface area contributed by atoms with Gasteiger partial charge in [0.1, 0.15) is 0 Å². The molecule has 0 aromatic carbocycles. The van der Waals surface area contributed by atoms with E-state index >= 15 is 0 Å². The van der Waals surface area contributed by atoms with E-state index in [2.05, 4.69) is 9.05 Å². The Morgan fingerprint density at radius 2 is 1.50 bits per heavy atom. The van der Waals surface area contributed by atoms with E-state index in [1.807, 2.05) is 0 Å². The van der Waals surface area contributed by atoms with Gasteiger partial charge in [0.2, 0.25) is 12.6 Å². The first-order chi connectivity index (χ1) is 5.60. The molecule has 0 aliphatic heterocycles. The zero-order chi connectivity index (χ0) is 9.56. The van der Waals surface area contributed by atoms with Gasteiger partial charge in [-0.3, -0.25) is 0 Å². The molecular formula is C4H12N2O5P+. The van der Waals surface area contributed by atoms with Crippen molar-refractivity contribution in [2.75, 3.05) is 13.1 Å². The zero-order valence-electron chi connectivity index (χ0n) is 6.29. The van der Waals surface area contributed by atoms with Gasteiger partial charge in [0.15, 0.2) is 0 Å². The standard InChI is InChI=1S/C4H12N2O5P/c5-1-3(7)10-12(9)11-4(8)2-6/h3-4,7-8H,1-2,5-6H2/q+1. The first kappa shape index (κ1) is 11.9. The number of aliphatic hydroxyl groups excluding tert-OH is 2. The van der Waals surface area contributed by atoms with Crippen molar-refractivity contribution in [2.45, 2.75) is 12.6 Å². The molecule has 2 atom stereocenters. The topological polar surface area (TPSA) is 128 Å². The lowest BCUT2D eigenvalue weighted by molar-refractivity contribution is -0.0503. The summed E-state index contributed by atoms with van der Waals surface area (Å²) >= 11 is 0. The highest BCUT2D eigenvalue weighted by atomic mass is 31.1. The number of nitrogens with two attached hydrogens (primary N) is 2. The van der Waals surface area contributed by atoms with Gasteiger partial charge < -0.3 is 21.7 Å². The van der Waals surface area contributed by atoms with E-state index < -0.39 is 20.8 Å². The van der Waals surface area contributed by atoms with Gasteiger partial charge in [-0.05, 0) is 0 Å². The Morgan fingerprint density at radius 3 is 1.75 bits per heavy atom. The van der Waals surface area contributed by atoms with Gasteiger partial charge in [0.05, 0.1) is 0 Å². The quantitative estimate of drug-likeness (QED) is 0.294. The van der Waals surface area contributed by atoms with Crippen molar-refractivity contribution in [3.05, 3.63) is 0 Å². The van der Waals surface area contributed by atoms with Gasteiger partial charge in [-0.1, -0.05) is 9.05 Å². The van der Waals surface area contributed by atoms with Crippen LogP contribution in [0.15, 0.2) is 0 Å². The fourth-order valence-electron chi connectivity index (χ4n) is 0.310. The molecule has 0 saturated heterocycles. The third kappa shape index (κ3) is 5.50. The summed E-state index contributed by atoms with van der Waals surface area (Å²) in [5.41, 5.74) is 9.87. The smallest absolute Gasteiger partial charge is 0.363 e. The second-order valence-corrected chi connectivity index (χ2v) is 2.68. The maximum Gasteiger partial charge on any atom is 0.702 e. The van der Waals surface area contributed by atoms with Crippen LogP contribution in [0.2, 0.25) is 0 Å². The molecule has 0 fully saturated rings. The molecule has 0 radical (unpaired) electrons. The highest BCUT2D eigenvalue weighted by Crippen LogP contribution is 2.26. The predicted molar refractivity (Wildman–Crippen MR) is 39.9 cm³/mol. The average Bonchev–Trinajstić information content (AvgIpc) is 2.03. The second kappa shape index (κ2) is 6.38. The fraction of sp³-hybridized carbons (Fsp3) is 1.00. The molecule has 8 heteroatoms. The van der Waals surface area contributed by atoms with E-state index in [-0.39, 0.29) is 13.1 Å². The molecule has 0 aliphatic rings. The summed E-state index contributed by atoms with van der Waals surface area (Å²) in [5.74, 6) is 0. The van der Waals surface area contributed by atoms with Crippen LogP contribution < -0.4 is 11.5 Å². The van der Waals surface area contributed by atoms with Gasteiger partial charge in [-0.25, -0.2) is 0 Å². The van der Waals surface area contributed by atoms with E-state index in [1.165, 1.54) is 0 Å². The molecular weight excluding hydrogens is 187 g/mol. The summed E-state index contributed by atoms with van der Waals surface area (Å²) < 4.78 is 19.2. The summed E-state index contributed by atoms with van der Waals surface area (Å²) in [6.45, 7) is -0.410. The molecule has 0 aromatic heterocycles.